The molecule has 0 saturated carbocycles. The van der Waals surface area contributed by atoms with Gasteiger partial charge in [0, 0.05) is 29.4 Å². The van der Waals surface area contributed by atoms with Crippen LogP contribution < -0.4 is 9.47 Å². The molecule has 1 aromatic heterocycles. The number of Topliss-reactive ketones (excluding diaryl/α,β-unsaturated/α-hetero) is 2. The Hall–Kier alpha value is -2.76. The first-order valence-electron chi connectivity index (χ1n) is 12.4. The van der Waals surface area contributed by atoms with Gasteiger partial charge in [-0.05, 0) is 64.4 Å². The molecule has 0 unspecified atom stereocenters. The number of ketones is 2. The second kappa shape index (κ2) is 12.5. The van der Waals surface area contributed by atoms with Gasteiger partial charge < -0.3 is 9.47 Å². The maximum atomic E-state index is 13.7. The predicted octanol–water partition coefficient (Wildman–Crippen LogP) is 7.19. The molecule has 1 aromatic carbocycles. The Morgan fingerprint density at radius 2 is 1.42 bits per heavy atom. The molecule has 0 bridgehead atoms. The first-order chi connectivity index (χ1) is 16.3. The van der Waals surface area contributed by atoms with Crippen LogP contribution in [0.1, 0.15) is 87.4 Å². The van der Waals surface area contributed by atoms with Crippen LogP contribution in [0, 0.1) is 16.6 Å². The lowest BCUT2D eigenvalue weighted by Gasteiger charge is -2.21. The normalized spacial score (nSPS) is 12.0. The van der Waals surface area contributed by atoms with Crippen LogP contribution in [-0.2, 0) is 22.4 Å². The SMILES string of the molecule is CC(C)(C)Oc1ccc(CC(=O)C(C)(C)C)nc1.CC(C)Oc1ccc(CC(=O)C(C)(C)C)cc1F. The van der Waals surface area contributed by atoms with Crippen molar-refractivity contribution >= 4 is 11.6 Å². The van der Waals surface area contributed by atoms with Crippen LogP contribution in [-0.4, -0.2) is 28.3 Å². The van der Waals surface area contributed by atoms with Gasteiger partial charge in [-0.3, -0.25) is 14.6 Å². The molecule has 0 amide bonds. The summed E-state index contributed by atoms with van der Waals surface area (Å²) in [6.07, 6.45) is 2.24. The highest BCUT2D eigenvalue weighted by Gasteiger charge is 2.22. The van der Waals surface area contributed by atoms with E-state index in [0.29, 0.717) is 12.0 Å². The first-order valence-corrected chi connectivity index (χ1v) is 12.4. The zero-order chi connectivity index (χ0) is 27.9. The molecule has 0 aliphatic rings. The van der Waals surface area contributed by atoms with Crippen molar-refractivity contribution in [2.45, 2.75) is 101 Å². The summed E-state index contributed by atoms with van der Waals surface area (Å²) in [7, 11) is 0. The molecule has 2 aromatic rings. The smallest absolute Gasteiger partial charge is 0.165 e. The van der Waals surface area contributed by atoms with Crippen LogP contribution in [0.25, 0.3) is 0 Å². The van der Waals surface area contributed by atoms with Crippen molar-refractivity contribution in [2.24, 2.45) is 10.8 Å². The monoisotopic (exact) mass is 501 g/mol. The summed E-state index contributed by atoms with van der Waals surface area (Å²) in [6.45, 7) is 21.0. The second-order valence-electron chi connectivity index (χ2n) is 12.3. The number of ether oxygens (including phenoxy) is 2. The Morgan fingerprint density at radius 3 is 1.83 bits per heavy atom. The minimum Gasteiger partial charge on any atom is -0.488 e. The van der Waals surface area contributed by atoms with Gasteiger partial charge >= 0.3 is 0 Å². The van der Waals surface area contributed by atoms with Crippen LogP contribution >= 0.6 is 0 Å². The van der Waals surface area contributed by atoms with E-state index in [-0.39, 0.29) is 40.9 Å². The van der Waals surface area contributed by atoms with Crippen molar-refractivity contribution in [1.82, 2.24) is 4.98 Å². The molecule has 0 saturated heterocycles. The number of hydrogen-bond donors (Lipinski definition) is 0. The molecule has 0 aliphatic carbocycles. The number of halogens is 1. The summed E-state index contributed by atoms with van der Waals surface area (Å²) >= 11 is 0. The third-order valence-electron chi connectivity index (χ3n) is 4.96. The fourth-order valence-corrected chi connectivity index (χ4v) is 2.81. The van der Waals surface area contributed by atoms with Gasteiger partial charge in [-0.15, -0.1) is 0 Å². The lowest BCUT2D eigenvalue weighted by Crippen LogP contribution is -2.23. The summed E-state index contributed by atoms with van der Waals surface area (Å²) in [5.74, 6) is 0.841. The Kier molecular flexibility index (Phi) is 10.8. The van der Waals surface area contributed by atoms with Crippen molar-refractivity contribution in [1.29, 1.82) is 0 Å². The number of rotatable bonds is 7. The quantitative estimate of drug-likeness (QED) is 0.402. The van der Waals surface area contributed by atoms with E-state index < -0.39 is 11.2 Å². The second-order valence-corrected chi connectivity index (χ2v) is 12.3. The molecular formula is C30H44FNO4. The van der Waals surface area contributed by atoms with Crippen LogP contribution in [0.5, 0.6) is 11.5 Å². The van der Waals surface area contributed by atoms with Crippen LogP contribution in [0.3, 0.4) is 0 Å². The van der Waals surface area contributed by atoms with Crippen molar-refractivity contribution in [3.63, 3.8) is 0 Å². The largest absolute Gasteiger partial charge is 0.488 e. The highest BCUT2D eigenvalue weighted by molar-refractivity contribution is 5.86. The van der Waals surface area contributed by atoms with E-state index in [1.165, 1.54) is 6.07 Å². The molecule has 0 fully saturated rings. The third-order valence-corrected chi connectivity index (χ3v) is 4.96. The number of benzene rings is 1. The summed E-state index contributed by atoms with van der Waals surface area (Å²) < 4.78 is 24.7. The molecule has 0 atom stereocenters. The van der Waals surface area contributed by atoms with Crippen molar-refractivity contribution in [2.75, 3.05) is 0 Å². The molecule has 0 N–H and O–H groups in total. The topological polar surface area (TPSA) is 65.5 Å². The van der Waals surface area contributed by atoms with Gasteiger partial charge in [0.1, 0.15) is 22.9 Å². The van der Waals surface area contributed by atoms with Crippen LogP contribution in [0.15, 0.2) is 36.5 Å². The lowest BCUT2D eigenvalue weighted by atomic mass is 9.87. The summed E-state index contributed by atoms with van der Waals surface area (Å²) in [6, 6.07) is 8.42. The van der Waals surface area contributed by atoms with Crippen LogP contribution in [0.4, 0.5) is 4.39 Å². The molecule has 5 nitrogen and oxygen atoms in total. The maximum Gasteiger partial charge on any atom is 0.165 e. The van der Waals surface area contributed by atoms with E-state index in [0.717, 1.165) is 11.4 Å². The zero-order valence-electron chi connectivity index (χ0n) is 23.9. The first kappa shape index (κ1) is 31.3. The summed E-state index contributed by atoms with van der Waals surface area (Å²) in [4.78, 5) is 28.0. The molecule has 2 rings (SSSR count). The van der Waals surface area contributed by atoms with Gasteiger partial charge in [-0.1, -0.05) is 47.6 Å². The Morgan fingerprint density at radius 1 is 0.861 bits per heavy atom. The number of carbonyl (C=O) groups excluding carboxylic acids is 2. The van der Waals surface area contributed by atoms with Crippen molar-refractivity contribution in [3.05, 3.63) is 53.6 Å². The number of aromatic nitrogens is 1. The highest BCUT2D eigenvalue weighted by atomic mass is 19.1. The average molecular weight is 502 g/mol. The molecule has 1 heterocycles. The minimum absolute atomic E-state index is 0.0680. The van der Waals surface area contributed by atoms with E-state index >= 15 is 0 Å². The van der Waals surface area contributed by atoms with Crippen LogP contribution in [0.2, 0.25) is 0 Å². The fraction of sp³-hybridized carbons (Fsp3) is 0.567. The van der Waals surface area contributed by atoms with Crippen molar-refractivity contribution in [3.8, 4) is 11.5 Å². The van der Waals surface area contributed by atoms with Gasteiger partial charge in [-0.2, -0.15) is 0 Å². The molecule has 0 spiro atoms. The van der Waals surface area contributed by atoms with Gasteiger partial charge in [0.2, 0.25) is 0 Å². The Labute approximate surface area is 216 Å². The number of nitrogens with zero attached hydrogens (tertiary/aromatic N) is 1. The lowest BCUT2D eigenvalue weighted by molar-refractivity contribution is -0.126. The highest BCUT2D eigenvalue weighted by Crippen LogP contribution is 2.23. The van der Waals surface area contributed by atoms with Gasteiger partial charge in [0.05, 0.1) is 12.3 Å². The Balaban J connectivity index is 0.000000360. The molecule has 0 radical (unpaired) electrons. The minimum atomic E-state index is -0.414. The zero-order valence-corrected chi connectivity index (χ0v) is 23.9. The number of carbonyl (C=O) groups is 2. The number of hydrogen-bond acceptors (Lipinski definition) is 5. The van der Waals surface area contributed by atoms with E-state index in [1.807, 2.05) is 88.3 Å². The van der Waals surface area contributed by atoms with Gasteiger partial charge in [-0.25, -0.2) is 4.39 Å². The molecule has 36 heavy (non-hydrogen) atoms. The maximum absolute atomic E-state index is 13.7. The summed E-state index contributed by atoms with van der Waals surface area (Å²) in [5.41, 5.74) is 0.524. The fourth-order valence-electron chi connectivity index (χ4n) is 2.81. The molecule has 0 aliphatic heterocycles. The van der Waals surface area contributed by atoms with E-state index in [2.05, 4.69) is 4.98 Å². The summed E-state index contributed by atoms with van der Waals surface area (Å²) in [5, 5.41) is 0. The third kappa shape index (κ3) is 11.8. The predicted molar refractivity (Wildman–Crippen MR) is 143 cm³/mol. The van der Waals surface area contributed by atoms with Gasteiger partial charge in [0.15, 0.2) is 11.6 Å². The number of pyridine rings is 1. The van der Waals surface area contributed by atoms with E-state index in [4.69, 9.17) is 9.47 Å². The van der Waals surface area contributed by atoms with Crippen molar-refractivity contribution < 1.29 is 23.5 Å². The molecule has 200 valence electrons. The van der Waals surface area contributed by atoms with E-state index in [9.17, 15) is 14.0 Å². The average Bonchev–Trinajstić information content (AvgIpc) is 2.69. The standard InChI is InChI=1S/C15H21FO2.C15H23NO2/c1-10(2)18-13-7-6-11(8-12(13)16)9-14(17)15(3,4)5;1-14(2,3)13(17)9-11-7-8-12(10-16-11)18-15(4,5)6/h6-8,10H,9H2,1-5H3;7-8,10H,9H2,1-6H3. The Bertz CT molecular complexity index is 1010. The molecular weight excluding hydrogens is 457 g/mol. The van der Waals surface area contributed by atoms with Gasteiger partial charge in [0.25, 0.3) is 0 Å². The van der Waals surface area contributed by atoms with E-state index in [1.54, 1.807) is 18.3 Å². The molecule has 6 heteroatoms.